The van der Waals surface area contributed by atoms with Gasteiger partial charge in [-0.15, -0.1) is 0 Å². The molecule has 5 aromatic carbocycles. The van der Waals surface area contributed by atoms with Crippen molar-refractivity contribution >= 4 is 0 Å². The van der Waals surface area contributed by atoms with Gasteiger partial charge in [0.25, 0.3) is 0 Å². The number of hydrogen-bond acceptors (Lipinski definition) is 9. The minimum atomic E-state index is -1.31. The molecule has 0 aliphatic carbocycles. The molecular weight excluding hydrogens is 684 g/mol. The highest BCUT2D eigenvalue weighted by molar-refractivity contribution is 5.17. The van der Waals surface area contributed by atoms with E-state index in [1.54, 1.807) is 0 Å². The van der Waals surface area contributed by atoms with Crippen LogP contribution in [0.1, 0.15) is 27.8 Å². The number of rotatable bonds is 19. The Morgan fingerprint density at radius 2 is 0.722 bits per heavy atom. The number of hydrogen-bond donors (Lipinski definition) is 1. The molecule has 8 atom stereocenters. The monoisotopic (exact) mass is 732 g/mol. The lowest BCUT2D eigenvalue weighted by atomic mass is 10.1. The van der Waals surface area contributed by atoms with E-state index in [1.807, 2.05) is 152 Å². The minimum absolute atomic E-state index is 0.184. The molecule has 2 heterocycles. The molecule has 9 heteroatoms. The van der Waals surface area contributed by atoms with Gasteiger partial charge in [0.1, 0.15) is 36.6 Å². The molecule has 0 bridgehead atoms. The predicted molar refractivity (Wildman–Crippen MR) is 202 cm³/mol. The maximum atomic E-state index is 11.4. The Bertz CT molecular complexity index is 1760. The smallest absolute Gasteiger partial charge is 0.187 e. The van der Waals surface area contributed by atoms with E-state index < -0.39 is 49.2 Å². The summed E-state index contributed by atoms with van der Waals surface area (Å²) in [4.78, 5) is 0. The Labute approximate surface area is 317 Å². The van der Waals surface area contributed by atoms with Gasteiger partial charge in [-0.1, -0.05) is 152 Å². The van der Waals surface area contributed by atoms with E-state index in [-0.39, 0.29) is 19.8 Å². The molecule has 1 N–H and O–H groups in total. The molecule has 0 amide bonds. The molecule has 0 radical (unpaired) electrons. The van der Waals surface area contributed by atoms with Crippen molar-refractivity contribution in [2.45, 2.75) is 82.2 Å². The molecule has 282 valence electrons. The van der Waals surface area contributed by atoms with Crippen LogP contribution in [0.5, 0.6) is 0 Å². The third-order valence-corrected chi connectivity index (χ3v) is 9.49. The van der Waals surface area contributed by atoms with Crippen molar-refractivity contribution in [1.29, 1.82) is 0 Å². The van der Waals surface area contributed by atoms with Crippen LogP contribution >= 0.6 is 0 Å². The van der Waals surface area contributed by atoms with E-state index in [0.29, 0.717) is 26.4 Å². The summed E-state index contributed by atoms with van der Waals surface area (Å²) in [7, 11) is 0. The first kappa shape index (κ1) is 38.0. The van der Waals surface area contributed by atoms with Gasteiger partial charge in [-0.3, -0.25) is 0 Å². The molecule has 0 aromatic heterocycles. The van der Waals surface area contributed by atoms with Crippen molar-refractivity contribution in [1.82, 2.24) is 0 Å². The molecule has 2 aliphatic heterocycles. The molecule has 2 saturated heterocycles. The van der Waals surface area contributed by atoms with Gasteiger partial charge < -0.3 is 43.0 Å². The summed E-state index contributed by atoms with van der Waals surface area (Å²) in [5.41, 5.74) is 5.07. The van der Waals surface area contributed by atoms with Crippen LogP contribution in [0.4, 0.5) is 0 Å². The second-order valence-corrected chi connectivity index (χ2v) is 13.5. The molecule has 54 heavy (non-hydrogen) atoms. The lowest BCUT2D eigenvalue weighted by Crippen LogP contribution is -2.45. The second kappa shape index (κ2) is 19.9. The van der Waals surface area contributed by atoms with Gasteiger partial charge in [0, 0.05) is 0 Å². The highest BCUT2D eigenvalue weighted by Gasteiger charge is 2.53. The molecular formula is C45H48O9. The summed E-state index contributed by atoms with van der Waals surface area (Å²) in [6.45, 7) is 2.12. The zero-order valence-electron chi connectivity index (χ0n) is 30.2. The minimum Gasteiger partial charge on any atom is -0.374 e. The fourth-order valence-electron chi connectivity index (χ4n) is 6.69. The largest absolute Gasteiger partial charge is 0.374 e. The van der Waals surface area contributed by atoms with Gasteiger partial charge in [-0.25, -0.2) is 0 Å². The standard InChI is InChI=1S/C45H48O9/c46-44-42(40(49-28-35-20-10-3-11-21-35)38(52-44)31-47-26-33-16-6-1-7-17-33)54-45-43(51-30-37-24-14-5-15-25-37)41(50-29-36-22-12-4-13-23-36)39(53-45)32-48-27-34-18-8-2-9-19-34/h1-25,38-46H,26-32H2/t38-,39-,40-,41-,42+,43+,44-,45+/m1/s1. The maximum Gasteiger partial charge on any atom is 0.187 e. The van der Waals surface area contributed by atoms with Crippen LogP contribution < -0.4 is 0 Å². The van der Waals surface area contributed by atoms with E-state index >= 15 is 0 Å². The normalized spacial score (nSPS) is 25.2. The van der Waals surface area contributed by atoms with Crippen LogP contribution in [0.3, 0.4) is 0 Å². The van der Waals surface area contributed by atoms with Crippen LogP contribution in [-0.4, -0.2) is 67.5 Å². The average molecular weight is 733 g/mol. The summed E-state index contributed by atoms with van der Waals surface area (Å²) in [6, 6.07) is 49.7. The topological polar surface area (TPSA) is 94.1 Å². The molecule has 9 nitrogen and oxygen atoms in total. The molecule has 2 aliphatic rings. The van der Waals surface area contributed by atoms with Crippen molar-refractivity contribution in [2.75, 3.05) is 13.2 Å². The first-order chi connectivity index (χ1) is 26.7. The third-order valence-electron chi connectivity index (χ3n) is 9.49. The van der Waals surface area contributed by atoms with Crippen LogP contribution in [0.2, 0.25) is 0 Å². The number of ether oxygens (including phenoxy) is 8. The van der Waals surface area contributed by atoms with Crippen LogP contribution in [0.15, 0.2) is 152 Å². The first-order valence-electron chi connectivity index (χ1n) is 18.5. The van der Waals surface area contributed by atoms with Gasteiger partial charge >= 0.3 is 0 Å². The van der Waals surface area contributed by atoms with E-state index in [2.05, 4.69) is 0 Å². The van der Waals surface area contributed by atoms with Gasteiger partial charge in [-0.05, 0) is 27.8 Å². The van der Waals surface area contributed by atoms with E-state index in [0.717, 1.165) is 27.8 Å². The Hall–Kier alpha value is -4.26. The van der Waals surface area contributed by atoms with Gasteiger partial charge in [0.05, 0.1) is 46.2 Å². The summed E-state index contributed by atoms with van der Waals surface area (Å²) >= 11 is 0. The summed E-state index contributed by atoms with van der Waals surface area (Å²) < 4.78 is 51.5. The van der Waals surface area contributed by atoms with Gasteiger partial charge in [0.15, 0.2) is 12.6 Å². The average Bonchev–Trinajstić information content (AvgIpc) is 3.71. The quantitative estimate of drug-likeness (QED) is 0.0964. The number of aliphatic hydroxyl groups excluding tert-OH is 1. The molecule has 2 fully saturated rings. The lowest BCUT2D eigenvalue weighted by molar-refractivity contribution is -0.246. The van der Waals surface area contributed by atoms with Gasteiger partial charge in [-0.2, -0.15) is 0 Å². The fourth-order valence-corrected chi connectivity index (χ4v) is 6.69. The second-order valence-electron chi connectivity index (χ2n) is 13.5. The summed E-state index contributed by atoms with van der Waals surface area (Å²) in [5, 5.41) is 11.4. The molecule has 0 unspecified atom stereocenters. The van der Waals surface area contributed by atoms with Crippen LogP contribution in [-0.2, 0) is 70.9 Å². The zero-order valence-corrected chi connectivity index (χ0v) is 30.2. The molecule has 7 rings (SSSR count). The van der Waals surface area contributed by atoms with Crippen molar-refractivity contribution in [3.8, 4) is 0 Å². The SMILES string of the molecule is O[C@@H]1O[C@H](COCc2ccccc2)[C@@H](OCc2ccccc2)[C@@H]1O[C@@H]1O[C@H](COCc2ccccc2)[C@@H](OCc2ccccc2)[C@@H]1OCc1ccccc1. The molecule has 0 spiro atoms. The number of benzene rings is 5. The highest BCUT2D eigenvalue weighted by Crippen LogP contribution is 2.35. The Balaban J connectivity index is 1.11. The first-order valence-corrected chi connectivity index (χ1v) is 18.5. The van der Waals surface area contributed by atoms with Crippen molar-refractivity contribution in [2.24, 2.45) is 0 Å². The van der Waals surface area contributed by atoms with Gasteiger partial charge in [0.2, 0.25) is 0 Å². The zero-order chi connectivity index (χ0) is 36.8. The van der Waals surface area contributed by atoms with Crippen molar-refractivity contribution in [3.05, 3.63) is 179 Å². The van der Waals surface area contributed by atoms with Crippen LogP contribution in [0.25, 0.3) is 0 Å². The fraction of sp³-hybridized carbons (Fsp3) is 0.333. The van der Waals surface area contributed by atoms with E-state index in [4.69, 9.17) is 37.9 Å². The Kier molecular flexibility index (Phi) is 14.0. The summed E-state index contributed by atoms with van der Waals surface area (Å²) in [6.07, 6.45) is -6.29. The molecule has 5 aromatic rings. The van der Waals surface area contributed by atoms with E-state index in [9.17, 15) is 5.11 Å². The lowest BCUT2D eigenvalue weighted by Gasteiger charge is -2.29. The predicted octanol–water partition coefficient (Wildman–Crippen LogP) is 7.00. The third kappa shape index (κ3) is 10.7. The Morgan fingerprint density at radius 1 is 0.389 bits per heavy atom. The van der Waals surface area contributed by atoms with E-state index in [1.165, 1.54) is 0 Å². The molecule has 0 saturated carbocycles. The number of aliphatic hydroxyl groups is 1. The Morgan fingerprint density at radius 3 is 1.13 bits per heavy atom. The highest BCUT2D eigenvalue weighted by atomic mass is 16.8. The van der Waals surface area contributed by atoms with Crippen molar-refractivity contribution in [3.63, 3.8) is 0 Å². The van der Waals surface area contributed by atoms with Crippen molar-refractivity contribution < 1.29 is 43.0 Å². The van der Waals surface area contributed by atoms with Crippen LogP contribution in [0, 0.1) is 0 Å². The maximum absolute atomic E-state index is 11.4. The summed E-state index contributed by atoms with van der Waals surface area (Å²) in [5.74, 6) is 0.